The summed E-state index contributed by atoms with van der Waals surface area (Å²) in [5.41, 5.74) is 1.54. The van der Waals surface area contributed by atoms with Gasteiger partial charge in [0.2, 0.25) is 0 Å². The Morgan fingerprint density at radius 2 is 1.32 bits per heavy atom. The Morgan fingerprint density at radius 3 is 1.87 bits per heavy atom. The molecular weight excluding hydrogens is 538 g/mol. The summed E-state index contributed by atoms with van der Waals surface area (Å²) in [5.74, 6) is -1.26. The number of halogens is 1. The molecule has 1 aliphatic rings. The molecule has 1 amide bonds. The van der Waals surface area contributed by atoms with Gasteiger partial charge in [-0.1, -0.05) is 149 Å². The van der Waals surface area contributed by atoms with Crippen molar-refractivity contribution in [2.75, 3.05) is 6.54 Å². The molecule has 1 aliphatic heterocycles. The second kappa shape index (κ2) is 16.5. The molecule has 1 saturated heterocycles. The maximum absolute atomic E-state index is 13.1. The molecule has 3 rings (SSSR count). The molecule has 0 bridgehead atoms. The Labute approximate surface area is 237 Å². The monoisotopic (exact) mass is 581 g/mol. The Kier molecular flexibility index (Phi) is 13.1. The van der Waals surface area contributed by atoms with Crippen molar-refractivity contribution in [3.05, 3.63) is 75.8 Å². The molecule has 5 heteroatoms. The number of rotatable bonds is 17. The summed E-state index contributed by atoms with van der Waals surface area (Å²) in [5, 5.41) is 11.1. The Bertz CT molecular complexity index is 1050. The highest BCUT2D eigenvalue weighted by atomic mass is 79.9. The van der Waals surface area contributed by atoms with E-state index in [-0.39, 0.29) is 11.3 Å². The third-order valence-electron chi connectivity index (χ3n) is 7.51. The molecular formula is C33H44BrNO3. The lowest BCUT2D eigenvalue weighted by Crippen LogP contribution is -2.30. The summed E-state index contributed by atoms with van der Waals surface area (Å²) < 4.78 is 0.800. The van der Waals surface area contributed by atoms with Gasteiger partial charge in [-0.25, -0.2) is 0 Å². The van der Waals surface area contributed by atoms with Crippen molar-refractivity contribution >= 4 is 33.4 Å². The van der Waals surface area contributed by atoms with Gasteiger partial charge >= 0.3 is 0 Å². The second-order valence-corrected chi connectivity index (χ2v) is 11.4. The maximum Gasteiger partial charge on any atom is 0.295 e. The minimum absolute atomic E-state index is 0.123. The molecule has 206 valence electrons. The molecule has 2 aromatic rings. The van der Waals surface area contributed by atoms with Crippen LogP contribution in [0.3, 0.4) is 0 Å². The van der Waals surface area contributed by atoms with E-state index in [0.717, 1.165) is 29.3 Å². The fourth-order valence-electron chi connectivity index (χ4n) is 5.36. The zero-order valence-electron chi connectivity index (χ0n) is 23.0. The van der Waals surface area contributed by atoms with E-state index in [9.17, 15) is 14.7 Å². The van der Waals surface area contributed by atoms with Crippen molar-refractivity contribution in [2.45, 2.75) is 103 Å². The highest BCUT2D eigenvalue weighted by molar-refractivity contribution is 9.10. The van der Waals surface area contributed by atoms with E-state index >= 15 is 0 Å². The van der Waals surface area contributed by atoms with Crippen LogP contribution in [0.1, 0.15) is 114 Å². The van der Waals surface area contributed by atoms with Crippen LogP contribution >= 0.6 is 15.9 Å². The van der Waals surface area contributed by atoms with Gasteiger partial charge in [0.05, 0.1) is 11.6 Å². The van der Waals surface area contributed by atoms with E-state index in [0.29, 0.717) is 12.1 Å². The van der Waals surface area contributed by atoms with Gasteiger partial charge in [-0.15, -0.1) is 0 Å². The van der Waals surface area contributed by atoms with Crippen molar-refractivity contribution in [1.82, 2.24) is 4.90 Å². The van der Waals surface area contributed by atoms with Crippen molar-refractivity contribution < 1.29 is 14.7 Å². The van der Waals surface area contributed by atoms with Gasteiger partial charge in [0.1, 0.15) is 5.76 Å². The highest BCUT2D eigenvalue weighted by Gasteiger charge is 2.45. The maximum atomic E-state index is 13.1. The summed E-state index contributed by atoms with van der Waals surface area (Å²) in [6.07, 6.45) is 17.8. The molecule has 0 spiro atoms. The van der Waals surface area contributed by atoms with E-state index < -0.39 is 17.7 Å². The highest BCUT2D eigenvalue weighted by Crippen LogP contribution is 2.39. The molecule has 1 atom stereocenters. The molecule has 0 saturated carbocycles. The summed E-state index contributed by atoms with van der Waals surface area (Å²) in [7, 11) is 0. The Morgan fingerprint density at radius 1 is 0.763 bits per heavy atom. The molecule has 1 N–H and O–H groups in total. The van der Waals surface area contributed by atoms with Crippen molar-refractivity contribution in [3.8, 4) is 0 Å². The van der Waals surface area contributed by atoms with Gasteiger partial charge in [0, 0.05) is 16.6 Å². The van der Waals surface area contributed by atoms with Crippen LogP contribution in [0, 0.1) is 0 Å². The number of benzene rings is 2. The summed E-state index contributed by atoms with van der Waals surface area (Å²) in [6.45, 7) is 2.77. The van der Waals surface area contributed by atoms with Gasteiger partial charge < -0.3 is 10.0 Å². The number of carbonyl (C=O) groups excluding carboxylic acids is 2. The number of hydrogen-bond donors (Lipinski definition) is 1. The first-order valence-electron chi connectivity index (χ1n) is 14.6. The van der Waals surface area contributed by atoms with E-state index in [1.165, 1.54) is 70.6 Å². The van der Waals surface area contributed by atoms with Crippen LogP contribution in [0.25, 0.3) is 5.76 Å². The van der Waals surface area contributed by atoms with Gasteiger partial charge in [-0.3, -0.25) is 9.59 Å². The summed E-state index contributed by atoms with van der Waals surface area (Å²) in [4.78, 5) is 27.9. The quantitative estimate of drug-likeness (QED) is 0.0875. The minimum atomic E-state index is -0.610. The van der Waals surface area contributed by atoms with Crippen LogP contribution in [0.4, 0.5) is 0 Å². The van der Waals surface area contributed by atoms with Crippen LogP contribution in [-0.2, 0) is 9.59 Å². The van der Waals surface area contributed by atoms with Crippen LogP contribution in [-0.4, -0.2) is 28.2 Å². The van der Waals surface area contributed by atoms with Crippen LogP contribution in [0.5, 0.6) is 0 Å². The zero-order valence-corrected chi connectivity index (χ0v) is 24.6. The number of amides is 1. The van der Waals surface area contributed by atoms with Gasteiger partial charge in [0.25, 0.3) is 11.7 Å². The Balaban J connectivity index is 1.50. The minimum Gasteiger partial charge on any atom is -0.507 e. The van der Waals surface area contributed by atoms with Gasteiger partial charge in [-0.2, -0.15) is 0 Å². The third-order valence-corrected chi connectivity index (χ3v) is 8.00. The summed E-state index contributed by atoms with van der Waals surface area (Å²) >= 11 is 3.43. The molecule has 2 aromatic carbocycles. The number of aliphatic hydroxyl groups excluding tert-OH is 1. The fourth-order valence-corrected chi connectivity index (χ4v) is 5.76. The Hall–Kier alpha value is -2.40. The number of unbranched alkanes of at least 4 members (excludes halogenated alkanes) is 13. The lowest BCUT2D eigenvalue weighted by Gasteiger charge is -2.25. The first-order valence-corrected chi connectivity index (χ1v) is 15.4. The lowest BCUT2D eigenvalue weighted by molar-refractivity contribution is -0.139. The predicted molar refractivity (Wildman–Crippen MR) is 160 cm³/mol. The molecule has 0 aliphatic carbocycles. The van der Waals surface area contributed by atoms with Crippen molar-refractivity contribution in [2.24, 2.45) is 0 Å². The number of likely N-dealkylation sites (tertiary alicyclic amines) is 1. The van der Waals surface area contributed by atoms with Crippen LogP contribution in [0.15, 0.2) is 64.6 Å². The molecule has 0 aromatic heterocycles. The van der Waals surface area contributed by atoms with Crippen molar-refractivity contribution in [3.63, 3.8) is 0 Å². The molecule has 4 nitrogen and oxygen atoms in total. The molecule has 38 heavy (non-hydrogen) atoms. The molecule has 1 heterocycles. The predicted octanol–water partition coefficient (Wildman–Crippen LogP) is 9.35. The van der Waals surface area contributed by atoms with Crippen LogP contribution < -0.4 is 0 Å². The van der Waals surface area contributed by atoms with E-state index in [1.54, 1.807) is 23.1 Å². The standard InChI is InChI=1S/C33H44BrNO3/c1-2-3-4-5-6-7-8-9-10-11-12-13-14-18-24-35-30(26-20-16-15-17-21-26)29(32(37)33(35)38)31(36)27-22-19-23-28(34)25-27/h15-17,19-23,25,30,36H,2-14,18,24H2,1H3/b31-29+/t30-/m1/s1. The first-order chi connectivity index (χ1) is 18.5. The summed E-state index contributed by atoms with van der Waals surface area (Å²) in [6, 6.07) is 16.2. The number of ketones is 1. The average Bonchev–Trinajstić information content (AvgIpc) is 3.18. The number of hydrogen-bond acceptors (Lipinski definition) is 3. The zero-order chi connectivity index (χ0) is 27.2. The molecule has 0 radical (unpaired) electrons. The van der Waals surface area contributed by atoms with E-state index in [1.807, 2.05) is 36.4 Å². The lowest BCUT2D eigenvalue weighted by atomic mass is 9.95. The number of aliphatic hydroxyl groups is 1. The largest absolute Gasteiger partial charge is 0.507 e. The van der Waals surface area contributed by atoms with E-state index in [4.69, 9.17) is 0 Å². The van der Waals surface area contributed by atoms with Crippen LogP contribution in [0.2, 0.25) is 0 Å². The third kappa shape index (κ3) is 8.83. The fraction of sp³-hybridized carbons (Fsp3) is 0.515. The normalized spacial score (nSPS) is 16.9. The molecule has 1 fully saturated rings. The van der Waals surface area contributed by atoms with Gasteiger partial charge in [-0.05, 0) is 24.1 Å². The first kappa shape index (κ1) is 30.1. The number of nitrogens with zero attached hydrogens (tertiary/aromatic N) is 1. The topological polar surface area (TPSA) is 57.6 Å². The second-order valence-electron chi connectivity index (χ2n) is 10.5. The van der Waals surface area contributed by atoms with E-state index in [2.05, 4.69) is 22.9 Å². The number of Topliss-reactive ketones (excluding diaryl/α,β-unsaturated/α-hetero) is 1. The SMILES string of the molecule is CCCCCCCCCCCCCCCCN1C(=O)C(=O)/C(=C(/O)c2cccc(Br)c2)[C@H]1c1ccccc1. The number of carbonyl (C=O) groups is 2. The smallest absolute Gasteiger partial charge is 0.295 e. The van der Waals surface area contributed by atoms with Crippen molar-refractivity contribution in [1.29, 1.82) is 0 Å². The average molecular weight is 583 g/mol. The van der Waals surface area contributed by atoms with Gasteiger partial charge in [0.15, 0.2) is 0 Å². The molecule has 0 unspecified atom stereocenters.